The van der Waals surface area contributed by atoms with Gasteiger partial charge < -0.3 is 4.57 Å². The van der Waals surface area contributed by atoms with Crippen LogP contribution in [-0.2, 0) is 6.54 Å². The monoisotopic (exact) mass is 268 g/mol. The Bertz CT molecular complexity index is 770. The first kappa shape index (κ1) is 12.9. The van der Waals surface area contributed by atoms with Crippen LogP contribution in [0.2, 0.25) is 0 Å². The fourth-order valence-electron chi connectivity index (χ4n) is 2.81. The fraction of sp³-hybridized carbons (Fsp3) is 0.235. The maximum absolute atomic E-state index is 13.1. The van der Waals surface area contributed by atoms with Crippen LogP contribution in [0.25, 0.3) is 22.2 Å². The Kier molecular flexibility index (Phi) is 3.05. The van der Waals surface area contributed by atoms with Crippen molar-refractivity contribution in [1.82, 2.24) is 9.55 Å². The number of fused-ring (bicyclic) bond motifs is 1. The van der Waals surface area contributed by atoms with E-state index in [2.05, 4.69) is 36.4 Å². The number of aromatic nitrogens is 2. The molecular formula is C17H17FN2. The number of hydrogen-bond acceptors (Lipinski definition) is 1. The van der Waals surface area contributed by atoms with Gasteiger partial charge in [-0.05, 0) is 56.7 Å². The summed E-state index contributed by atoms with van der Waals surface area (Å²) in [4.78, 5) is 4.53. The second kappa shape index (κ2) is 4.75. The zero-order chi connectivity index (χ0) is 14.3. The Labute approximate surface area is 117 Å². The quantitative estimate of drug-likeness (QED) is 0.670. The van der Waals surface area contributed by atoms with E-state index in [0.717, 1.165) is 23.3 Å². The third kappa shape index (κ3) is 1.82. The summed E-state index contributed by atoms with van der Waals surface area (Å²) in [5.41, 5.74) is 5.55. The molecule has 0 bridgehead atoms. The first-order chi connectivity index (χ1) is 9.63. The third-order valence-electron chi connectivity index (χ3n) is 3.98. The minimum Gasteiger partial charge on any atom is -0.343 e. The normalized spacial score (nSPS) is 11.2. The molecule has 3 rings (SSSR count). The Morgan fingerprint density at radius 1 is 1.10 bits per heavy atom. The van der Waals surface area contributed by atoms with Gasteiger partial charge in [-0.1, -0.05) is 0 Å². The molecule has 0 unspecified atom stereocenters. The van der Waals surface area contributed by atoms with Crippen LogP contribution in [0.3, 0.4) is 0 Å². The van der Waals surface area contributed by atoms with E-state index in [9.17, 15) is 4.39 Å². The lowest BCUT2D eigenvalue weighted by molar-refractivity contribution is 0.628. The fourth-order valence-corrected chi connectivity index (χ4v) is 2.81. The van der Waals surface area contributed by atoms with Crippen LogP contribution in [0.1, 0.15) is 18.2 Å². The maximum Gasteiger partial charge on any atom is 0.123 e. The first-order valence-electron chi connectivity index (χ1n) is 6.83. The molecule has 1 aromatic carbocycles. The lowest BCUT2D eigenvalue weighted by Gasteiger charge is -2.08. The topological polar surface area (TPSA) is 17.8 Å². The summed E-state index contributed by atoms with van der Waals surface area (Å²) in [6.45, 7) is 7.30. The number of halogens is 1. The first-order valence-corrected chi connectivity index (χ1v) is 6.83. The highest BCUT2D eigenvalue weighted by atomic mass is 19.1. The van der Waals surface area contributed by atoms with Crippen LogP contribution >= 0.6 is 0 Å². The molecule has 0 fully saturated rings. The van der Waals surface area contributed by atoms with Crippen molar-refractivity contribution in [1.29, 1.82) is 0 Å². The maximum atomic E-state index is 13.1. The van der Waals surface area contributed by atoms with Crippen LogP contribution in [-0.4, -0.2) is 9.55 Å². The summed E-state index contributed by atoms with van der Waals surface area (Å²) in [5.74, 6) is -0.223. The molecule has 0 aliphatic rings. The molecule has 0 saturated carbocycles. The smallest absolute Gasteiger partial charge is 0.123 e. The van der Waals surface area contributed by atoms with E-state index < -0.39 is 0 Å². The minimum absolute atomic E-state index is 0.223. The lowest BCUT2D eigenvalue weighted by atomic mass is 10.1. The molecule has 3 heteroatoms. The van der Waals surface area contributed by atoms with E-state index in [4.69, 9.17) is 0 Å². The van der Waals surface area contributed by atoms with Gasteiger partial charge in [0.2, 0.25) is 0 Å². The van der Waals surface area contributed by atoms with Crippen molar-refractivity contribution in [3.63, 3.8) is 0 Å². The number of pyridine rings is 1. The summed E-state index contributed by atoms with van der Waals surface area (Å²) < 4.78 is 15.4. The number of hydrogen-bond donors (Lipinski definition) is 0. The van der Waals surface area contributed by atoms with Gasteiger partial charge in [0.15, 0.2) is 0 Å². The molecule has 2 aromatic heterocycles. The van der Waals surface area contributed by atoms with Crippen molar-refractivity contribution < 1.29 is 4.39 Å². The number of nitrogens with zero attached hydrogens (tertiary/aromatic N) is 2. The van der Waals surface area contributed by atoms with E-state index in [1.165, 1.54) is 28.8 Å². The van der Waals surface area contributed by atoms with Crippen LogP contribution in [0.5, 0.6) is 0 Å². The second-order valence-electron chi connectivity index (χ2n) is 5.02. The second-order valence-corrected chi connectivity index (χ2v) is 5.02. The summed E-state index contributed by atoms with van der Waals surface area (Å²) >= 11 is 0. The molecule has 0 aliphatic heterocycles. The molecule has 0 amide bonds. The average Bonchev–Trinajstić information content (AvgIpc) is 2.72. The Balaban J connectivity index is 2.36. The van der Waals surface area contributed by atoms with Crippen molar-refractivity contribution in [3.05, 3.63) is 53.6 Å². The summed E-state index contributed by atoms with van der Waals surface area (Å²) in [5, 5.41) is 1.22. The summed E-state index contributed by atoms with van der Waals surface area (Å²) in [7, 11) is 0. The van der Waals surface area contributed by atoms with E-state index in [1.54, 1.807) is 12.1 Å². The molecule has 0 N–H and O–H groups in total. The van der Waals surface area contributed by atoms with Gasteiger partial charge in [0.25, 0.3) is 0 Å². The molecule has 0 atom stereocenters. The van der Waals surface area contributed by atoms with E-state index in [0.29, 0.717) is 0 Å². The standard InChI is InChI=1S/C17H17FN2/c1-4-20-12(3)11(2)15-9-10-19-16(17(15)20)13-5-7-14(18)8-6-13/h5-10H,4H2,1-3H3. The Morgan fingerprint density at radius 3 is 2.45 bits per heavy atom. The van der Waals surface area contributed by atoms with Crippen molar-refractivity contribution in [2.45, 2.75) is 27.3 Å². The average molecular weight is 268 g/mol. The molecule has 3 aromatic rings. The molecule has 2 heterocycles. The number of benzene rings is 1. The summed E-state index contributed by atoms with van der Waals surface area (Å²) in [6, 6.07) is 8.59. The van der Waals surface area contributed by atoms with E-state index in [-0.39, 0.29) is 5.82 Å². The van der Waals surface area contributed by atoms with Gasteiger partial charge in [0.05, 0.1) is 11.2 Å². The summed E-state index contributed by atoms with van der Waals surface area (Å²) in [6.07, 6.45) is 1.83. The molecule has 102 valence electrons. The molecule has 0 radical (unpaired) electrons. The van der Waals surface area contributed by atoms with Crippen LogP contribution in [0.15, 0.2) is 36.5 Å². The third-order valence-corrected chi connectivity index (χ3v) is 3.98. The van der Waals surface area contributed by atoms with Gasteiger partial charge in [-0.3, -0.25) is 4.98 Å². The zero-order valence-corrected chi connectivity index (χ0v) is 11.9. The van der Waals surface area contributed by atoms with Crippen LogP contribution < -0.4 is 0 Å². The van der Waals surface area contributed by atoms with Crippen molar-refractivity contribution in [2.24, 2.45) is 0 Å². The molecule has 0 saturated heterocycles. The van der Waals surface area contributed by atoms with Gasteiger partial charge in [-0.15, -0.1) is 0 Å². The zero-order valence-electron chi connectivity index (χ0n) is 11.9. The van der Waals surface area contributed by atoms with Crippen molar-refractivity contribution in [2.75, 3.05) is 0 Å². The lowest BCUT2D eigenvalue weighted by Crippen LogP contribution is -1.98. The van der Waals surface area contributed by atoms with Gasteiger partial charge >= 0.3 is 0 Å². The molecule has 20 heavy (non-hydrogen) atoms. The van der Waals surface area contributed by atoms with Gasteiger partial charge in [-0.25, -0.2) is 4.39 Å². The number of rotatable bonds is 2. The highest BCUT2D eigenvalue weighted by molar-refractivity contribution is 5.95. The molecule has 2 nitrogen and oxygen atoms in total. The van der Waals surface area contributed by atoms with Crippen LogP contribution in [0.4, 0.5) is 4.39 Å². The predicted octanol–water partition coefficient (Wildman–Crippen LogP) is 4.48. The van der Waals surface area contributed by atoms with Crippen LogP contribution in [0, 0.1) is 19.7 Å². The molecule has 0 spiro atoms. The number of aryl methyl sites for hydroxylation is 2. The highest BCUT2D eigenvalue weighted by Gasteiger charge is 2.15. The minimum atomic E-state index is -0.223. The van der Waals surface area contributed by atoms with Crippen molar-refractivity contribution in [3.8, 4) is 11.3 Å². The molecular weight excluding hydrogens is 251 g/mol. The van der Waals surface area contributed by atoms with Gasteiger partial charge in [0, 0.05) is 29.4 Å². The SMILES string of the molecule is CCn1c(C)c(C)c2ccnc(-c3ccc(F)cc3)c21. The molecule has 0 aliphatic carbocycles. The van der Waals surface area contributed by atoms with E-state index >= 15 is 0 Å². The van der Waals surface area contributed by atoms with Crippen molar-refractivity contribution >= 4 is 10.9 Å². The predicted molar refractivity (Wildman–Crippen MR) is 80.3 cm³/mol. The largest absolute Gasteiger partial charge is 0.343 e. The van der Waals surface area contributed by atoms with Gasteiger partial charge in [-0.2, -0.15) is 0 Å². The Hall–Kier alpha value is -2.16. The Morgan fingerprint density at radius 2 is 1.80 bits per heavy atom. The highest BCUT2D eigenvalue weighted by Crippen LogP contribution is 2.32. The van der Waals surface area contributed by atoms with E-state index in [1.807, 2.05) is 6.20 Å². The van der Waals surface area contributed by atoms with Gasteiger partial charge in [0.1, 0.15) is 5.82 Å².